The van der Waals surface area contributed by atoms with Gasteiger partial charge in [0.25, 0.3) is 5.69 Å². The molecule has 0 aliphatic carbocycles. The van der Waals surface area contributed by atoms with Crippen molar-refractivity contribution in [3.05, 3.63) is 67.5 Å². The number of hydrogen-bond acceptors (Lipinski definition) is 5. The molecule has 7 nitrogen and oxygen atoms in total. The second-order valence-corrected chi connectivity index (χ2v) is 4.26. The average molecular weight is 313 g/mol. The third kappa shape index (κ3) is 3.23. The normalized spacial score (nSPS) is 10.2. The van der Waals surface area contributed by atoms with Crippen LogP contribution in [0.1, 0.15) is 0 Å². The number of para-hydroxylation sites is 1. The fourth-order valence-corrected chi connectivity index (χ4v) is 1.78. The second kappa shape index (κ2) is 5.71. The molecule has 0 unspecified atom stereocenters. The maximum Gasteiger partial charge on any atom is 0.313 e. The molecule has 0 fully saturated rings. The summed E-state index contributed by atoms with van der Waals surface area (Å²) in [4.78, 5) is 20.0. The number of halogens is 2. The van der Waals surface area contributed by atoms with Crippen LogP contribution in [0.15, 0.2) is 36.4 Å². The number of rotatable bonds is 4. The third-order valence-electron chi connectivity index (χ3n) is 2.43. The molecule has 0 saturated heterocycles. The van der Waals surface area contributed by atoms with Crippen molar-refractivity contribution >= 4 is 23.0 Å². The summed E-state index contributed by atoms with van der Waals surface area (Å²) < 4.78 is 18.5. The fourth-order valence-electron chi connectivity index (χ4n) is 1.57. The Morgan fingerprint density at radius 1 is 1.10 bits per heavy atom. The lowest BCUT2D eigenvalue weighted by Crippen LogP contribution is -1.96. The number of nitro benzene ring substituents is 2. The Hall–Kier alpha value is -2.74. The van der Waals surface area contributed by atoms with Crippen molar-refractivity contribution in [1.29, 1.82) is 0 Å². The van der Waals surface area contributed by atoms with Crippen LogP contribution in [0, 0.1) is 26.0 Å². The molecular formula is C12H6ClFN2O5. The lowest BCUT2D eigenvalue weighted by atomic mass is 10.2. The van der Waals surface area contributed by atoms with Crippen LogP contribution in [0.5, 0.6) is 11.5 Å². The minimum absolute atomic E-state index is 0.0730. The van der Waals surface area contributed by atoms with E-state index >= 15 is 0 Å². The molecule has 21 heavy (non-hydrogen) atoms. The van der Waals surface area contributed by atoms with Gasteiger partial charge in [-0.3, -0.25) is 20.2 Å². The summed E-state index contributed by atoms with van der Waals surface area (Å²) in [6.45, 7) is 0. The van der Waals surface area contributed by atoms with Gasteiger partial charge in [-0.15, -0.1) is 0 Å². The van der Waals surface area contributed by atoms with Gasteiger partial charge in [0.15, 0.2) is 0 Å². The molecule has 2 aromatic rings. The first kappa shape index (κ1) is 14.7. The van der Waals surface area contributed by atoms with Crippen LogP contribution >= 0.6 is 11.6 Å². The van der Waals surface area contributed by atoms with Gasteiger partial charge in [0.2, 0.25) is 5.75 Å². The molecule has 108 valence electrons. The zero-order valence-electron chi connectivity index (χ0n) is 10.2. The van der Waals surface area contributed by atoms with Gasteiger partial charge in [-0.25, -0.2) is 4.39 Å². The Kier molecular flexibility index (Phi) is 3.99. The van der Waals surface area contributed by atoms with Crippen LogP contribution in [0.25, 0.3) is 0 Å². The predicted octanol–water partition coefficient (Wildman–Crippen LogP) is 4.09. The molecule has 9 heteroatoms. The maximum atomic E-state index is 13.3. The molecule has 0 atom stereocenters. The van der Waals surface area contributed by atoms with E-state index < -0.39 is 27.0 Å². The first-order chi connectivity index (χ1) is 9.88. The topological polar surface area (TPSA) is 95.5 Å². The highest BCUT2D eigenvalue weighted by Gasteiger charge is 2.20. The van der Waals surface area contributed by atoms with E-state index in [-0.39, 0.29) is 16.5 Å². The van der Waals surface area contributed by atoms with Crippen molar-refractivity contribution < 1.29 is 19.0 Å². The minimum atomic E-state index is -0.908. The molecule has 0 saturated carbocycles. The molecule has 0 heterocycles. The van der Waals surface area contributed by atoms with Crippen molar-refractivity contribution in [1.82, 2.24) is 0 Å². The molecule has 0 radical (unpaired) electrons. The second-order valence-electron chi connectivity index (χ2n) is 3.85. The Balaban J connectivity index is 2.48. The van der Waals surface area contributed by atoms with Crippen LogP contribution < -0.4 is 4.74 Å². The molecule has 0 spiro atoms. The first-order valence-corrected chi connectivity index (χ1v) is 5.82. The van der Waals surface area contributed by atoms with Gasteiger partial charge in [0.1, 0.15) is 11.6 Å². The fraction of sp³-hybridized carbons (Fsp3) is 0. The van der Waals surface area contributed by atoms with E-state index in [0.717, 1.165) is 18.2 Å². The van der Waals surface area contributed by atoms with Gasteiger partial charge in [-0.2, -0.15) is 0 Å². The van der Waals surface area contributed by atoms with Gasteiger partial charge in [-0.1, -0.05) is 17.7 Å². The van der Waals surface area contributed by atoms with E-state index in [0.29, 0.717) is 6.07 Å². The van der Waals surface area contributed by atoms with Crippen molar-refractivity contribution in [3.8, 4) is 11.5 Å². The zero-order valence-corrected chi connectivity index (χ0v) is 10.9. The highest BCUT2D eigenvalue weighted by Crippen LogP contribution is 2.38. The Morgan fingerprint density at radius 2 is 1.81 bits per heavy atom. The molecule has 2 rings (SSSR count). The van der Waals surface area contributed by atoms with E-state index in [1.165, 1.54) is 12.1 Å². The van der Waals surface area contributed by atoms with E-state index in [1.807, 2.05) is 0 Å². The standard InChI is InChI=1S/C12H6ClFN2O5/c13-10-2-1-3-11(16(19)20)12(10)21-9-5-7(14)4-8(6-9)15(17)18/h1-6H. The summed E-state index contributed by atoms with van der Waals surface area (Å²) in [5, 5.41) is 21.5. The van der Waals surface area contributed by atoms with Crippen LogP contribution in [0.3, 0.4) is 0 Å². The van der Waals surface area contributed by atoms with E-state index in [4.69, 9.17) is 16.3 Å². The summed E-state index contributed by atoms with van der Waals surface area (Å²) in [7, 11) is 0. The van der Waals surface area contributed by atoms with Crippen LogP contribution in [0.2, 0.25) is 5.02 Å². The summed E-state index contributed by atoms with van der Waals surface area (Å²) in [6, 6.07) is 6.35. The molecule has 0 amide bonds. The molecule has 0 aliphatic heterocycles. The van der Waals surface area contributed by atoms with Gasteiger partial charge in [0, 0.05) is 12.1 Å². The summed E-state index contributed by atoms with van der Waals surface area (Å²) in [6.07, 6.45) is 0. The van der Waals surface area contributed by atoms with E-state index in [9.17, 15) is 24.6 Å². The van der Waals surface area contributed by atoms with Gasteiger partial charge in [-0.05, 0) is 6.07 Å². The number of non-ortho nitro benzene ring substituents is 1. The lowest BCUT2D eigenvalue weighted by Gasteiger charge is -2.08. The largest absolute Gasteiger partial charge is 0.448 e. The molecule has 0 bridgehead atoms. The molecule has 0 aliphatic rings. The number of nitro groups is 2. The van der Waals surface area contributed by atoms with Crippen molar-refractivity contribution in [2.24, 2.45) is 0 Å². The van der Waals surface area contributed by atoms with Crippen LogP contribution in [-0.2, 0) is 0 Å². The monoisotopic (exact) mass is 312 g/mol. The predicted molar refractivity (Wildman–Crippen MR) is 71.2 cm³/mol. The SMILES string of the molecule is O=[N+]([O-])c1cc(F)cc(Oc2c(Cl)cccc2[N+](=O)[O-])c1. The van der Waals surface area contributed by atoms with Crippen molar-refractivity contribution in [3.63, 3.8) is 0 Å². The Bertz CT molecular complexity index is 738. The molecule has 0 N–H and O–H groups in total. The number of hydrogen-bond donors (Lipinski definition) is 0. The third-order valence-corrected chi connectivity index (χ3v) is 2.73. The Morgan fingerprint density at radius 3 is 2.43 bits per heavy atom. The van der Waals surface area contributed by atoms with Crippen LogP contribution in [-0.4, -0.2) is 9.85 Å². The minimum Gasteiger partial charge on any atom is -0.448 e. The molecule has 0 aromatic heterocycles. The summed E-state index contributed by atoms with van der Waals surface area (Å²) in [5.41, 5.74) is -0.978. The zero-order chi connectivity index (χ0) is 15.6. The summed E-state index contributed by atoms with van der Waals surface area (Å²) in [5.74, 6) is -1.49. The number of benzene rings is 2. The Labute approximate surface area is 121 Å². The quantitative estimate of drug-likeness (QED) is 0.626. The van der Waals surface area contributed by atoms with Crippen LogP contribution in [0.4, 0.5) is 15.8 Å². The summed E-state index contributed by atoms with van der Waals surface area (Å²) >= 11 is 5.81. The van der Waals surface area contributed by atoms with Crippen molar-refractivity contribution in [2.45, 2.75) is 0 Å². The maximum absolute atomic E-state index is 13.3. The van der Waals surface area contributed by atoms with Crippen molar-refractivity contribution in [2.75, 3.05) is 0 Å². The van der Waals surface area contributed by atoms with Gasteiger partial charge in [0.05, 0.1) is 27.0 Å². The smallest absolute Gasteiger partial charge is 0.313 e. The number of nitrogens with zero attached hydrogens (tertiary/aromatic N) is 2. The highest BCUT2D eigenvalue weighted by molar-refractivity contribution is 6.32. The molecular weight excluding hydrogens is 307 g/mol. The molecule has 2 aromatic carbocycles. The van der Waals surface area contributed by atoms with Gasteiger partial charge >= 0.3 is 5.69 Å². The van der Waals surface area contributed by atoms with Gasteiger partial charge < -0.3 is 4.74 Å². The lowest BCUT2D eigenvalue weighted by molar-refractivity contribution is -0.386. The van der Waals surface area contributed by atoms with E-state index in [2.05, 4.69) is 0 Å². The average Bonchev–Trinajstić information content (AvgIpc) is 2.40. The number of ether oxygens (including phenoxy) is 1. The highest BCUT2D eigenvalue weighted by atomic mass is 35.5. The first-order valence-electron chi connectivity index (χ1n) is 5.44. The van der Waals surface area contributed by atoms with E-state index in [1.54, 1.807) is 0 Å².